The number of allylic oxidation sites excluding steroid dienone is 12. The number of carbonyl (C=O) groups excluding carboxylic acids is 4. The summed E-state index contributed by atoms with van der Waals surface area (Å²) in [6, 6.07) is 0. The van der Waals surface area contributed by atoms with Crippen LogP contribution in [0.1, 0.15) is 323 Å². The minimum atomic E-state index is -4.97. The summed E-state index contributed by atoms with van der Waals surface area (Å²) in [6.07, 6.45) is 66.2. The van der Waals surface area contributed by atoms with Crippen LogP contribution in [0.25, 0.3) is 0 Å². The number of aliphatic hydroxyl groups is 1. The third-order valence-electron chi connectivity index (χ3n) is 15.7. The number of hydrogen-bond acceptors (Lipinski definition) is 15. The molecule has 3 N–H and O–H groups in total. The molecule has 0 saturated heterocycles. The average Bonchev–Trinajstić information content (AvgIpc) is 1.24. The molecule has 0 aromatic heterocycles. The van der Waals surface area contributed by atoms with Gasteiger partial charge in [-0.05, 0) is 89.9 Å². The van der Waals surface area contributed by atoms with Gasteiger partial charge in [0, 0.05) is 25.7 Å². The van der Waals surface area contributed by atoms with Gasteiger partial charge in [0.2, 0.25) is 0 Å². The summed E-state index contributed by atoms with van der Waals surface area (Å²) < 4.78 is 68.3. The number of rotatable bonds is 70. The van der Waals surface area contributed by atoms with Crippen LogP contribution in [0.4, 0.5) is 0 Å². The third kappa shape index (κ3) is 67.1. The summed E-state index contributed by atoms with van der Waals surface area (Å²) in [4.78, 5) is 72.6. The van der Waals surface area contributed by atoms with E-state index in [1.807, 2.05) is 0 Å². The lowest BCUT2D eigenvalue weighted by Crippen LogP contribution is -2.30. The van der Waals surface area contributed by atoms with Gasteiger partial charge in [0.05, 0.1) is 26.4 Å². The summed E-state index contributed by atoms with van der Waals surface area (Å²) in [5, 5.41) is 10.6. The fourth-order valence-electron chi connectivity index (χ4n) is 9.99. The number of unbranched alkanes of at least 4 members (excludes halogenated alkanes) is 32. The van der Waals surface area contributed by atoms with Gasteiger partial charge in [-0.2, -0.15) is 0 Å². The molecular formula is C75H134O17P2. The second-order valence-corrected chi connectivity index (χ2v) is 27.8. The number of carbonyl (C=O) groups is 4. The summed E-state index contributed by atoms with van der Waals surface area (Å²) in [5.41, 5.74) is 0. The van der Waals surface area contributed by atoms with Crippen LogP contribution in [-0.2, 0) is 65.4 Å². The minimum Gasteiger partial charge on any atom is -0.462 e. The Morgan fingerprint density at radius 2 is 0.564 bits per heavy atom. The van der Waals surface area contributed by atoms with Crippen molar-refractivity contribution < 1.29 is 80.2 Å². The SMILES string of the molecule is CC/C=C\C/C=C\C/C=C\C/C=C\C/C=C\CCCCCC(=O)OCC(COP(=O)(O)OCC(O)COP(=O)(O)OCC(COC(=O)CCCCCCCCCCCCCCC)OC(=O)CCCCCCCCCCCCC)OC(=O)CCCCCCC/C=C\CCCC. The van der Waals surface area contributed by atoms with Gasteiger partial charge in [0.15, 0.2) is 12.2 Å². The predicted octanol–water partition coefficient (Wildman–Crippen LogP) is 20.9. The summed E-state index contributed by atoms with van der Waals surface area (Å²) >= 11 is 0. The normalized spacial score (nSPS) is 14.4. The van der Waals surface area contributed by atoms with Crippen LogP contribution in [-0.4, -0.2) is 96.7 Å². The van der Waals surface area contributed by atoms with Crippen LogP contribution < -0.4 is 0 Å². The molecule has 0 aromatic carbocycles. The molecule has 546 valence electrons. The number of ether oxygens (including phenoxy) is 4. The molecule has 0 aromatic rings. The van der Waals surface area contributed by atoms with Crippen LogP contribution in [0, 0.1) is 0 Å². The maximum absolute atomic E-state index is 13.0. The molecule has 0 saturated carbocycles. The van der Waals surface area contributed by atoms with Gasteiger partial charge in [0.1, 0.15) is 19.3 Å². The molecule has 0 heterocycles. The quantitative estimate of drug-likeness (QED) is 0.0169. The van der Waals surface area contributed by atoms with Crippen molar-refractivity contribution in [3.63, 3.8) is 0 Å². The molecule has 17 nitrogen and oxygen atoms in total. The molecule has 0 aliphatic heterocycles. The van der Waals surface area contributed by atoms with Crippen LogP contribution in [0.3, 0.4) is 0 Å². The van der Waals surface area contributed by atoms with Crippen LogP contribution in [0.15, 0.2) is 72.9 Å². The first-order valence-corrected chi connectivity index (χ1v) is 40.2. The number of phosphoric ester groups is 2. The second kappa shape index (κ2) is 68.0. The van der Waals surface area contributed by atoms with Crippen molar-refractivity contribution in [2.24, 2.45) is 0 Å². The fourth-order valence-corrected chi connectivity index (χ4v) is 11.6. The first kappa shape index (κ1) is 90.5. The van der Waals surface area contributed by atoms with E-state index < -0.39 is 97.5 Å². The molecular weight excluding hydrogens is 1230 g/mol. The van der Waals surface area contributed by atoms with Crippen LogP contribution in [0.2, 0.25) is 0 Å². The zero-order valence-electron chi connectivity index (χ0n) is 59.4. The maximum Gasteiger partial charge on any atom is 0.472 e. The van der Waals surface area contributed by atoms with E-state index in [0.29, 0.717) is 25.7 Å². The Morgan fingerprint density at radius 3 is 0.904 bits per heavy atom. The van der Waals surface area contributed by atoms with Gasteiger partial charge in [-0.3, -0.25) is 37.3 Å². The van der Waals surface area contributed by atoms with Gasteiger partial charge in [-0.25, -0.2) is 9.13 Å². The Balaban J connectivity index is 5.29. The Kier molecular flexibility index (Phi) is 65.5. The van der Waals surface area contributed by atoms with E-state index in [-0.39, 0.29) is 25.7 Å². The zero-order valence-corrected chi connectivity index (χ0v) is 61.2. The Bertz CT molecular complexity index is 2070. The smallest absolute Gasteiger partial charge is 0.462 e. The van der Waals surface area contributed by atoms with Crippen molar-refractivity contribution in [1.29, 1.82) is 0 Å². The zero-order chi connectivity index (χ0) is 69.0. The largest absolute Gasteiger partial charge is 0.472 e. The molecule has 0 radical (unpaired) electrons. The molecule has 0 aliphatic rings. The minimum absolute atomic E-state index is 0.0788. The van der Waals surface area contributed by atoms with E-state index in [0.717, 1.165) is 135 Å². The third-order valence-corrected chi connectivity index (χ3v) is 17.6. The summed E-state index contributed by atoms with van der Waals surface area (Å²) in [7, 11) is -9.93. The van der Waals surface area contributed by atoms with Crippen molar-refractivity contribution in [3.8, 4) is 0 Å². The number of hydrogen-bond donors (Lipinski definition) is 3. The monoisotopic (exact) mass is 1370 g/mol. The van der Waals surface area contributed by atoms with Gasteiger partial charge in [-0.1, -0.05) is 280 Å². The maximum atomic E-state index is 13.0. The second-order valence-electron chi connectivity index (χ2n) is 24.9. The van der Waals surface area contributed by atoms with Gasteiger partial charge in [0.25, 0.3) is 0 Å². The van der Waals surface area contributed by atoms with Crippen molar-refractivity contribution in [2.45, 2.75) is 341 Å². The van der Waals surface area contributed by atoms with E-state index in [4.69, 9.17) is 37.0 Å². The van der Waals surface area contributed by atoms with Crippen molar-refractivity contribution in [2.75, 3.05) is 39.6 Å². The molecule has 94 heavy (non-hydrogen) atoms. The van der Waals surface area contributed by atoms with Crippen LogP contribution in [0.5, 0.6) is 0 Å². The van der Waals surface area contributed by atoms with Crippen LogP contribution >= 0.6 is 15.6 Å². The average molecular weight is 1370 g/mol. The fraction of sp³-hybridized carbons (Fsp3) is 0.787. The first-order valence-electron chi connectivity index (χ1n) is 37.2. The highest BCUT2D eigenvalue weighted by Gasteiger charge is 2.30. The standard InChI is InChI=1S/C75H134O17P2/c1-5-9-13-17-21-25-29-31-32-33-34-35-36-38-42-44-48-52-56-60-73(78)86-66-71(92-75(80)62-58-54-50-46-40-28-24-20-16-12-8-4)68-90-94(83,84)88-64-69(76)63-87-93(81,82)89-67-70(91-74(79)61-57-53-49-45-39-27-23-19-15-11-7-3)65-85-72(77)59-55-51-47-43-41-37-30-26-22-18-14-10-6-2/h9,13,20-21,24-25,31-32,34-35,38,42,69-71,76H,5-8,10-12,14-19,22-23,26-30,33,36-37,39-41,43-68H2,1-4H3,(H,81,82)(H,83,84)/b13-9-,24-20-,25-21-,32-31-,35-34-,42-38-. The summed E-state index contributed by atoms with van der Waals surface area (Å²) in [6.45, 7) is 4.69. The van der Waals surface area contributed by atoms with Gasteiger partial charge in [-0.15, -0.1) is 0 Å². The first-order chi connectivity index (χ1) is 45.7. The predicted molar refractivity (Wildman–Crippen MR) is 381 cm³/mol. The number of esters is 4. The Labute approximate surface area is 571 Å². The molecule has 0 rings (SSSR count). The van der Waals surface area contributed by atoms with E-state index in [1.54, 1.807) is 0 Å². The van der Waals surface area contributed by atoms with E-state index >= 15 is 0 Å². The number of aliphatic hydroxyl groups excluding tert-OH is 1. The van der Waals surface area contributed by atoms with E-state index in [9.17, 15) is 43.2 Å². The lowest BCUT2D eigenvalue weighted by Gasteiger charge is -2.21. The highest BCUT2D eigenvalue weighted by Crippen LogP contribution is 2.45. The van der Waals surface area contributed by atoms with E-state index in [2.05, 4.69) is 101 Å². The molecule has 0 aliphatic carbocycles. The summed E-state index contributed by atoms with van der Waals surface area (Å²) in [5.74, 6) is -2.20. The Morgan fingerprint density at radius 1 is 0.309 bits per heavy atom. The molecule has 0 fully saturated rings. The molecule has 5 unspecified atom stereocenters. The topological polar surface area (TPSA) is 237 Å². The van der Waals surface area contributed by atoms with Gasteiger partial charge >= 0.3 is 39.5 Å². The van der Waals surface area contributed by atoms with Crippen molar-refractivity contribution in [3.05, 3.63) is 72.9 Å². The van der Waals surface area contributed by atoms with Crippen molar-refractivity contribution >= 4 is 39.5 Å². The highest BCUT2D eigenvalue weighted by atomic mass is 31.2. The molecule has 0 bridgehead atoms. The molecule has 0 amide bonds. The lowest BCUT2D eigenvalue weighted by atomic mass is 10.0. The molecule has 0 spiro atoms. The van der Waals surface area contributed by atoms with E-state index in [1.165, 1.54) is 109 Å². The van der Waals surface area contributed by atoms with Gasteiger partial charge < -0.3 is 33.8 Å². The van der Waals surface area contributed by atoms with Crippen molar-refractivity contribution in [1.82, 2.24) is 0 Å². The number of phosphoric acid groups is 2. The molecule has 19 heteroatoms. The molecule has 5 atom stereocenters. The lowest BCUT2D eigenvalue weighted by molar-refractivity contribution is -0.161. The highest BCUT2D eigenvalue weighted by molar-refractivity contribution is 7.47. The Hall–Kier alpha value is -3.50.